The Kier molecular flexibility index (Phi) is 4.92. The molecule has 6 nitrogen and oxygen atoms in total. The van der Waals surface area contributed by atoms with Gasteiger partial charge < -0.3 is 10.5 Å². The third-order valence-electron chi connectivity index (χ3n) is 4.85. The number of nitrogens with two attached hydrogens (primary N) is 1. The van der Waals surface area contributed by atoms with E-state index in [-0.39, 0.29) is 16.6 Å². The van der Waals surface area contributed by atoms with Gasteiger partial charge in [0.1, 0.15) is 11.3 Å². The second-order valence-electron chi connectivity index (χ2n) is 7.72. The van der Waals surface area contributed by atoms with Crippen LogP contribution in [0.3, 0.4) is 0 Å². The number of pyridine rings is 2. The van der Waals surface area contributed by atoms with E-state index >= 15 is 0 Å². The normalized spacial score (nSPS) is 21.0. The fourth-order valence-electron chi connectivity index (χ4n) is 3.12. The minimum atomic E-state index is -3.09. The maximum absolute atomic E-state index is 12.2. The number of hydrogen-bond donors (Lipinski definition) is 1. The third-order valence-corrected chi connectivity index (χ3v) is 7.68. The van der Waals surface area contributed by atoms with Crippen LogP contribution in [-0.2, 0) is 15.4 Å². The summed E-state index contributed by atoms with van der Waals surface area (Å²) in [6.07, 6.45) is 4.10. The number of rotatable bonds is 5. The Balaban J connectivity index is 1.87. The summed E-state index contributed by atoms with van der Waals surface area (Å²) in [5.74, 6) is 0.433. The first-order valence-corrected chi connectivity index (χ1v) is 10.6. The number of ether oxygens (including phenoxy) is 1. The Morgan fingerprint density at radius 3 is 2.46 bits per heavy atom. The molecule has 2 aromatic rings. The van der Waals surface area contributed by atoms with Gasteiger partial charge in [0.25, 0.3) is 0 Å². The average molecular weight is 398 g/mol. The second-order valence-corrected chi connectivity index (χ2v) is 10.9. The maximum atomic E-state index is 12.2. The van der Waals surface area contributed by atoms with Crippen molar-refractivity contribution in [3.05, 3.63) is 29.2 Å². The van der Waals surface area contributed by atoms with Gasteiger partial charge in [-0.3, -0.25) is 0 Å². The van der Waals surface area contributed by atoms with E-state index in [1.54, 1.807) is 32.3 Å². The monoisotopic (exact) mass is 397 g/mol. The van der Waals surface area contributed by atoms with Crippen LogP contribution in [0.1, 0.15) is 46.1 Å². The number of fused-ring (bicyclic) bond motifs is 1. The fraction of sp³-hybridized carbons (Fsp3) is 0.556. The van der Waals surface area contributed by atoms with Crippen molar-refractivity contribution in [1.82, 2.24) is 9.97 Å². The van der Waals surface area contributed by atoms with Gasteiger partial charge in [-0.15, -0.1) is 0 Å². The van der Waals surface area contributed by atoms with Gasteiger partial charge in [0, 0.05) is 30.8 Å². The van der Waals surface area contributed by atoms with Crippen LogP contribution in [0.4, 0.5) is 0 Å². The first-order chi connectivity index (χ1) is 12.0. The zero-order chi connectivity index (χ0) is 19.3. The molecule has 8 heteroatoms. The Labute approximate surface area is 159 Å². The molecule has 1 aliphatic rings. The first-order valence-electron chi connectivity index (χ1n) is 8.63. The average Bonchev–Trinajstić information content (AvgIpc) is 2.48. The SMILES string of the molecule is CC(C)S(=O)(=O)C1CC(Oc2ncc(C(C)(C)N)c3cc(Cl)ncc23)C1. The highest BCUT2D eigenvalue weighted by Gasteiger charge is 2.41. The molecule has 2 aromatic heterocycles. The van der Waals surface area contributed by atoms with E-state index in [0.717, 1.165) is 16.3 Å². The van der Waals surface area contributed by atoms with Crippen molar-refractivity contribution in [3.63, 3.8) is 0 Å². The van der Waals surface area contributed by atoms with E-state index in [1.807, 2.05) is 13.8 Å². The molecule has 1 aliphatic carbocycles. The zero-order valence-corrected chi connectivity index (χ0v) is 16.9. The Hall–Kier alpha value is -1.44. The lowest BCUT2D eigenvalue weighted by molar-refractivity contribution is 0.119. The van der Waals surface area contributed by atoms with Crippen molar-refractivity contribution in [3.8, 4) is 5.88 Å². The Morgan fingerprint density at radius 2 is 1.88 bits per heavy atom. The molecule has 2 heterocycles. The van der Waals surface area contributed by atoms with Gasteiger partial charge in [0.15, 0.2) is 9.84 Å². The van der Waals surface area contributed by atoms with Crippen LogP contribution in [0.15, 0.2) is 18.5 Å². The smallest absolute Gasteiger partial charge is 0.223 e. The lowest BCUT2D eigenvalue weighted by atomic mass is 9.93. The van der Waals surface area contributed by atoms with Crippen LogP contribution in [0.25, 0.3) is 10.8 Å². The van der Waals surface area contributed by atoms with Crippen molar-refractivity contribution in [1.29, 1.82) is 0 Å². The molecule has 142 valence electrons. The highest BCUT2D eigenvalue weighted by atomic mass is 35.5. The number of halogens is 1. The zero-order valence-electron chi connectivity index (χ0n) is 15.4. The van der Waals surface area contributed by atoms with Crippen LogP contribution in [0.5, 0.6) is 5.88 Å². The van der Waals surface area contributed by atoms with Crippen molar-refractivity contribution >= 4 is 32.2 Å². The molecular weight excluding hydrogens is 374 g/mol. The molecule has 1 saturated carbocycles. The fourth-order valence-corrected chi connectivity index (χ4v) is 5.01. The lowest BCUT2D eigenvalue weighted by Crippen LogP contribution is -2.45. The van der Waals surface area contributed by atoms with E-state index in [2.05, 4.69) is 9.97 Å². The summed E-state index contributed by atoms with van der Waals surface area (Å²) < 4.78 is 30.4. The van der Waals surface area contributed by atoms with Crippen molar-refractivity contribution in [2.24, 2.45) is 5.73 Å². The quantitative estimate of drug-likeness (QED) is 0.778. The Bertz CT molecular complexity index is 933. The summed E-state index contributed by atoms with van der Waals surface area (Å²) in [5.41, 5.74) is 6.49. The van der Waals surface area contributed by atoms with E-state index in [1.165, 1.54) is 0 Å². The molecule has 3 rings (SSSR count). The van der Waals surface area contributed by atoms with Gasteiger partial charge in [-0.2, -0.15) is 0 Å². The van der Waals surface area contributed by atoms with Crippen molar-refractivity contribution < 1.29 is 13.2 Å². The number of hydrogen-bond acceptors (Lipinski definition) is 6. The molecule has 1 fully saturated rings. The predicted octanol–water partition coefficient (Wildman–Crippen LogP) is 3.21. The Morgan fingerprint density at radius 1 is 1.23 bits per heavy atom. The number of aromatic nitrogens is 2. The molecule has 0 bridgehead atoms. The molecule has 0 spiro atoms. The molecule has 0 amide bonds. The highest BCUT2D eigenvalue weighted by Crippen LogP contribution is 2.36. The van der Waals surface area contributed by atoms with E-state index in [9.17, 15) is 8.42 Å². The molecule has 0 unspecified atom stereocenters. The first kappa shape index (κ1) is 19.3. The van der Waals surface area contributed by atoms with Crippen LogP contribution in [0, 0.1) is 0 Å². The topological polar surface area (TPSA) is 95.2 Å². The van der Waals surface area contributed by atoms with Gasteiger partial charge in [-0.25, -0.2) is 18.4 Å². The van der Waals surface area contributed by atoms with Gasteiger partial charge >= 0.3 is 0 Å². The summed E-state index contributed by atoms with van der Waals surface area (Å²) in [6.45, 7) is 7.21. The standard InChI is InChI=1S/C18H24ClN3O3S/c1-10(2)26(23,24)12-5-11(6-12)25-17-14-8-21-16(19)7-13(14)15(9-22-17)18(3,4)20/h7-12H,5-6,20H2,1-4H3. The molecule has 0 saturated heterocycles. The molecule has 2 N–H and O–H groups in total. The van der Waals surface area contributed by atoms with E-state index in [4.69, 9.17) is 22.1 Å². The minimum absolute atomic E-state index is 0.170. The molecule has 0 atom stereocenters. The van der Waals surface area contributed by atoms with Crippen LogP contribution >= 0.6 is 11.6 Å². The summed E-state index contributed by atoms with van der Waals surface area (Å²) in [6, 6.07) is 1.75. The number of sulfone groups is 1. The highest BCUT2D eigenvalue weighted by molar-refractivity contribution is 7.92. The molecular formula is C18H24ClN3O3S. The number of nitrogens with zero attached hydrogens (tertiary/aromatic N) is 2. The van der Waals surface area contributed by atoms with Crippen LogP contribution in [-0.4, -0.2) is 35.0 Å². The predicted molar refractivity (Wildman–Crippen MR) is 103 cm³/mol. The minimum Gasteiger partial charge on any atom is -0.474 e. The van der Waals surface area contributed by atoms with Crippen LogP contribution < -0.4 is 10.5 Å². The van der Waals surface area contributed by atoms with E-state index in [0.29, 0.717) is 23.9 Å². The largest absolute Gasteiger partial charge is 0.474 e. The van der Waals surface area contributed by atoms with Gasteiger partial charge in [0.2, 0.25) is 5.88 Å². The summed E-state index contributed by atoms with van der Waals surface area (Å²) in [7, 11) is -3.09. The summed E-state index contributed by atoms with van der Waals surface area (Å²) in [4.78, 5) is 8.54. The summed E-state index contributed by atoms with van der Waals surface area (Å²) >= 11 is 6.06. The second kappa shape index (κ2) is 6.62. The molecule has 0 radical (unpaired) electrons. The van der Waals surface area contributed by atoms with E-state index < -0.39 is 15.4 Å². The lowest BCUT2D eigenvalue weighted by Gasteiger charge is -2.35. The van der Waals surface area contributed by atoms with Gasteiger partial charge in [0.05, 0.1) is 15.9 Å². The van der Waals surface area contributed by atoms with Crippen molar-refractivity contribution in [2.75, 3.05) is 0 Å². The van der Waals surface area contributed by atoms with Gasteiger partial charge in [-0.05, 0) is 44.7 Å². The van der Waals surface area contributed by atoms with Crippen molar-refractivity contribution in [2.45, 2.75) is 62.7 Å². The van der Waals surface area contributed by atoms with Gasteiger partial charge in [-0.1, -0.05) is 11.6 Å². The molecule has 0 aromatic carbocycles. The maximum Gasteiger partial charge on any atom is 0.223 e. The molecule has 0 aliphatic heterocycles. The van der Waals surface area contributed by atoms with Crippen LogP contribution in [0.2, 0.25) is 5.15 Å². The third kappa shape index (κ3) is 3.52. The molecule has 26 heavy (non-hydrogen) atoms. The summed E-state index contributed by atoms with van der Waals surface area (Å²) in [5, 5.41) is 1.22.